The van der Waals surface area contributed by atoms with Crippen LogP contribution in [0.25, 0.3) is 26.9 Å². The Morgan fingerprint density at radius 1 is 1.14 bits per heavy atom. The first kappa shape index (κ1) is 13.1. The molecule has 3 aromatic heterocycles. The van der Waals surface area contributed by atoms with Crippen LogP contribution in [0.15, 0.2) is 36.4 Å². The normalized spacial score (nSPS) is 11.6. The number of H-pyrrole nitrogens is 1. The molecule has 110 valence electrons. The Balaban J connectivity index is 1.75. The fourth-order valence-corrected chi connectivity index (χ4v) is 3.10. The van der Waals surface area contributed by atoms with Crippen LogP contribution in [0.3, 0.4) is 0 Å². The second-order valence-corrected chi connectivity index (χ2v) is 6.30. The van der Waals surface area contributed by atoms with Gasteiger partial charge in [0, 0.05) is 11.5 Å². The van der Waals surface area contributed by atoms with Gasteiger partial charge in [0.2, 0.25) is 4.96 Å². The molecule has 7 heteroatoms. The van der Waals surface area contributed by atoms with Gasteiger partial charge in [0.1, 0.15) is 0 Å². The summed E-state index contributed by atoms with van der Waals surface area (Å²) in [6.45, 7) is 4.17. The van der Waals surface area contributed by atoms with Gasteiger partial charge in [0.25, 0.3) is 0 Å². The van der Waals surface area contributed by atoms with E-state index in [1.54, 1.807) is 0 Å². The maximum absolute atomic E-state index is 4.61. The number of nitrogens with one attached hydrogen (secondary N) is 1. The zero-order valence-corrected chi connectivity index (χ0v) is 13.0. The van der Waals surface area contributed by atoms with Gasteiger partial charge < -0.3 is 0 Å². The van der Waals surface area contributed by atoms with Crippen molar-refractivity contribution in [1.82, 2.24) is 30.0 Å². The minimum absolute atomic E-state index is 0.284. The smallest absolute Gasteiger partial charge is 0.235 e. The fraction of sp³-hybridized carbons (Fsp3) is 0.200. The molecule has 0 aliphatic heterocycles. The third-order valence-electron chi connectivity index (χ3n) is 3.41. The van der Waals surface area contributed by atoms with Crippen molar-refractivity contribution >= 4 is 16.3 Å². The van der Waals surface area contributed by atoms with E-state index in [0.29, 0.717) is 0 Å². The standard InChI is InChI=1S/C15H14N6S/c1-9(2)13-18-19-15-21(13)20-14(22-15)12-8-11(16-17-12)10-6-4-3-5-7-10/h3-9H,1-2H3,(H,16,17). The van der Waals surface area contributed by atoms with Crippen LogP contribution in [-0.4, -0.2) is 30.0 Å². The van der Waals surface area contributed by atoms with Gasteiger partial charge in [-0.25, -0.2) is 0 Å². The van der Waals surface area contributed by atoms with Crippen LogP contribution in [0.2, 0.25) is 0 Å². The number of aromatic nitrogens is 6. The van der Waals surface area contributed by atoms with Crippen LogP contribution in [-0.2, 0) is 0 Å². The van der Waals surface area contributed by atoms with Gasteiger partial charge in [-0.1, -0.05) is 55.5 Å². The first-order valence-corrected chi connectivity index (χ1v) is 7.87. The molecule has 0 fully saturated rings. The quantitative estimate of drug-likeness (QED) is 0.630. The maximum Gasteiger partial charge on any atom is 0.235 e. The van der Waals surface area contributed by atoms with E-state index in [1.807, 2.05) is 40.9 Å². The molecule has 1 aromatic carbocycles. The van der Waals surface area contributed by atoms with E-state index in [9.17, 15) is 0 Å². The van der Waals surface area contributed by atoms with E-state index in [4.69, 9.17) is 0 Å². The summed E-state index contributed by atoms with van der Waals surface area (Å²) in [5.41, 5.74) is 2.88. The molecule has 0 amide bonds. The number of rotatable bonds is 3. The molecule has 0 radical (unpaired) electrons. The highest BCUT2D eigenvalue weighted by molar-refractivity contribution is 7.19. The second-order valence-electron chi connectivity index (χ2n) is 5.35. The molecule has 3 heterocycles. The summed E-state index contributed by atoms with van der Waals surface area (Å²) in [4.78, 5) is 0.801. The number of aromatic amines is 1. The van der Waals surface area contributed by atoms with Crippen molar-refractivity contribution < 1.29 is 0 Å². The zero-order chi connectivity index (χ0) is 15.1. The lowest BCUT2D eigenvalue weighted by Crippen LogP contribution is -1.97. The van der Waals surface area contributed by atoms with Crippen molar-refractivity contribution in [3.63, 3.8) is 0 Å². The van der Waals surface area contributed by atoms with Gasteiger partial charge in [-0.15, -0.1) is 10.2 Å². The van der Waals surface area contributed by atoms with Gasteiger partial charge in [0.15, 0.2) is 10.8 Å². The summed E-state index contributed by atoms with van der Waals surface area (Å²) < 4.78 is 1.81. The molecule has 1 N–H and O–H groups in total. The molecule has 4 rings (SSSR count). The van der Waals surface area contributed by atoms with E-state index in [1.165, 1.54) is 11.3 Å². The van der Waals surface area contributed by atoms with Gasteiger partial charge >= 0.3 is 0 Å². The molecule has 0 aliphatic rings. The summed E-state index contributed by atoms with van der Waals surface area (Å²) in [5.74, 6) is 1.16. The minimum atomic E-state index is 0.284. The molecular formula is C15H14N6S. The Morgan fingerprint density at radius 2 is 1.95 bits per heavy atom. The monoisotopic (exact) mass is 310 g/mol. The lowest BCUT2D eigenvalue weighted by atomic mass is 10.1. The maximum atomic E-state index is 4.61. The van der Waals surface area contributed by atoms with Crippen molar-refractivity contribution in [1.29, 1.82) is 0 Å². The van der Waals surface area contributed by atoms with E-state index in [2.05, 4.69) is 39.3 Å². The molecule has 0 saturated carbocycles. The van der Waals surface area contributed by atoms with Gasteiger partial charge in [-0.05, 0) is 6.07 Å². The molecule has 6 nitrogen and oxygen atoms in total. The molecule has 0 atom stereocenters. The van der Waals surface area contributed by atoms with Crippen molar-refractivity contribution in [2.24, 2.45) is 0 Å². The van der Waals surface area contributed by atoms with Crippen LogP contribution in [0.1, 0.15) is 25.6 Å². The van der Waals surface area contributed by atoms with E-state index in [-0.39, 0.29) is 5.92 Å². The number of benzene rings is 1. The third kappa shape index (κ3) is 2.10. The van der Waals surface area contributed by atoms with Crippen molar-refractivity contribution in [2.75, 3.05) is 0 Å². The predicted octanol–water partition coefficient (Wildman–Crippen LogP) is 3.37. The van der Waals surface area contributed by atoms with Crippen LogP contribution in [0.5, 0.6) is 0 Å². The lowest BCUT2D eigenvalue weighted by molar-refractivity contribution is 0.726. The van der Waals surface area contributed by atoms with Crippen molar-refractivity contribution in [3.8, 4) is 22.0 Å². The zero-order valence-electron chi connectivity index (χ0n) is 12.2. The molecule has 0 unspecified atom stereocenters. The highest BCUT2D eigenvalue weighted by atomic mass is 32.1. The van der Waals surface area contributed by atoms with Crippen LogP contribution in [0, 0.1) is 0 Å². The molecule has 0 bridgehead atoms. The number of hydrogen-bond donors (Lipinski definition) is 1. The summed E-state index contributed by atoms with van der Waals surface area (Å²) in [5, 5.41) is 21.3. The van der Waals surface area contributed by atoms with Crippen LogP contribution < -0.4 is 0 Å². The van der Waals surface area contributed by atoms with Crippen molar-refractivity contribution in [2.45, 2.75) is 19.8 Å². The molecule has 0 saturated heterocycles. The topological polar surface area (TPSA) is 71.8 Å². The minimum Gasteiger partial charge on any atom is -0.275 e. The van der Waals surface area contributed by atoms with Gasteiger partial charge in [-0.3, -0.25) is 5.10 Å². The largest absolute Gasteiger partial charge is 0.275 e. The Labute approximate surface area is 130 Å². The number of fused-ring (bicyclic) bond motifs is 1. The van der Waals surface area contributed by atoms with Crippen LogP contribution in [0.4, 0.5) is 0 Å². The predicted molar refractivity (Wildman–Crippen MR) is 85.8 cm³/mol. The van der Waals surface area contributed by atoms with Crippen LogP contribution >= 0.6 is 11.3 Å². The summed E-state index contributed by atoms with van der Waals surface area (Å²) >= 11 is 1.50. The Hall–Kier alpha value is -2.54. The van der Waals surface area contributed by atoms with Gasteiger partial charge in [-0.2, -0.15) is 14.7 Å². The first-order chi connectivity index (χ1) is 10.7. The second kappa shape index (κ2) is 5.03. The lowest BCUT2D eigenvalue weighted by Gasteiger charge is -1.97. The highest BCUT2D eigenvalue weighted by Gasteiger charge is 2.16. The average Bonchev–Trinajstić information content (AvgIpc) is 3.22. The molecular weight excluding hydrogens is 296 g/mol. The molecule has 22 heavy (non-hydrogen) atoms. The molecule has 0 spiro atoms. The van der Waals surface area contributed by atoms with Crippen molar-refractivity contribution in [3.05, 3.63) is 42.2 Å². The fourth-order valence-electron chi connectivity index (χ4n) is 2.29. The first-order valence-electron chi connectivity index (χ1n) is 7.05. The Morgan fingerprint density at radius 3 is 2.73 bits per heavy atom. The third-order valence-corrected chi connectivity index (χ3v) is 4.34. The van der Waals surface area contributed by atoms with E-state index < -0.39 is 0 Å². The Bertz CT molecular complexity index is 918. The number of hydrogen-bond acceptors (Lipinski definition) is 5. The molecule has 4 aromatic rings. The molecule has 0 aliphatic carbocycles. The average molecular weight is 310 g/mol. The SMILES string of the molecule is CC(C)c1nnc2sc(-c3cc(-c4ccccc4)n[nH]3)nn12. The summed E-state index contributed by atoms with van der Waals surface area (Å²) in [6.07, 6.45) is 0. The summed E-state index contributed by atoms with van der Waals surface area (Å²) in [6, 6.07) is 12.1. The summed E-state index contributed by atoms with van der Waals surface area (Å²) in [7, 11) is 0. The van der Waals surface area contributed by atoms with E-state index >= 15 is 0 Å². The van der Waals surface area contributed by atoms with Gasteiger partial charge in [0.05, 0.1) is 11.4 Å². The Kier molecular flexibility index (Phi) is 3.00. The highest BCUT2D eigenvalue weighted by Crippen LogP contribution is 2.28. The van der Waals surface area contributed by atoms with E-state index in [0.717, 1.165) is 32.7 Å². The number of nitrogens with zero attached hydrogens (tertiary/aromatic N) is 5.